The van der Waals surface area contributed by atoms with Gasteiger partial charge in [0.1, 0.15) is 5.82 Å². The number of benzene rings is 1. The van der Waals surface area contributed by atoms with Gasteiger partial charge in [-0.1, -0.05) is 32.4 Å². The van der Waals surface area contributed by atoms with Crippen LogP contribution in [-0.2, 0) is 13.6 Å². The Hall–Kier alpha value is -1.35. The zero-order valence-electron chi connectivity index (χ0n) is 11.8. The summed E-state index contributed by atoms with van der Waals surface area (Å²) in [5, 5.41) is 3.57. The molecule has 1 heterocycles. The first-order chi connectivity index (χ1) is 8.63. The van der Waals surface area contributed by atoms with Crippen LogP contribution in [0.1, 0.15) is 33.0 Å². The summed E-state index contributed by atoms with van der Waals surface area (Å²) < 4.78 is 2.17. The second-order valence-electron chi connectivity index (χ2n) is 5.13. The van der Waals surface area contributed by atoms with Gasteiger partial charge in [-0.25, -0.2) is 4.98 Å². The molecule has 0 aliphatic rings. The van der Waals surface area contributed by atoms with Crippen molar-refractivity contribution in [2.75, 3.05) is 0 Å². The van der Waals surface area contributed by atoms with Gasteiger partial charge in [-0.2, -0.15) is 0 Å². The molecule has 2 unspecified atom stereocenters. The van der Waals surface area contributed by atoms with Crippen molar-refractivity contribution >= 4 is 11.0 Å². The Morgan fingerprint density at radius 2 is 2.00 bits per heavy atom. The minimum atomic E-state index is 0.523. The van der Waals surface area contributed by atoms with Crippen LogP contribution in [0, 0.1) is 5.92 Å². The van der Waals surface area contributed by atoms with Crippen molar-refractivity contribution in [3.63, 3.8) is 0 Å². The lowest BCUT2D eigenvalue weighted by Gasteiger charge is -2.19. The Labute approximate surface area is 109 Å². The minimum Gasteiger partial charge on any atom is -0.330 e. The predicted molar refractivity (Wildman–Crippen MR) is 76.5 cm³/mol. The van der Waals surface area contributed by atoms with Crippen LogP contribution >= 0.6 is 0 Å². The van der Waals surface area contributed by atoms with Gasteiger partial charge in [0, 0.05) is 13.1 Å². The van der Waals surface area contributed by atoms with Crippen molar-refractivity contribution in [2.45, 2.75) is 39.8 Å². The average molecular weight is 245 g/mol. The number of imidazole rings is 1. The van der Waals surface area contributed by atoms with Gasteiger partial charge in [-0.05, 0) is 25.0 Å². The molecule has 2 atom stereocenters. The molecule has 0 aliphatic heterocycles. The maximum absolute atomic E-state index is 4.67. The lowest BCUT2D eigenvalue weighted by molar-refractivity contribution is 0.384. The number of rotatable bonds is 5. The third kappa shape index (κ3) is 2.56. The van der Waals surface area contributed by atoms with Crippen molar-refractivity contribution in [3.8, 4) is 0 Å². The molecule has 0 fully saturated rings. The average Bonchev–Trinajstić information content (AvgIpc) is 2.72. The Balaban J connectivity index is 2.10. The SMILES string of the molecule is CCC(C)C(C)NCc1nc2ccccc2n1C. The smallest absolute Gasteiger partial charge is 0.123 e. The molecule has 3 heteroatoms. The number of nitrogens with one attached hydrogen (secondary N) is 1. The molecule has 18 heavy (non-hydrogen) atoms. The minimum absolute atomic E-state index is 0.523. The maximum atomic E-state index is 4.67. The first-order valence-corrected chi connectivity index (χ1v) is 6.77. The first kappa shape index (κ1) is 13.1. The highest BCUT2D eigenvalue weighted by molar-refractivity contribution is 5.75. The number of aromatic nitrogens is 2. The van der Waals surface area contributed by atoms with Crippen LogP contribution in [0.3, 0.4) is 0 Å². The van der Waals surface area contributed by atoms with E-state index in [4.69, 9.17) is 0 Å². The molecule has 2 aromatic rings. The molecule has 0 spiro atoms. The summed E-state index contributed by atoms with van der Waals surface area (Å²) in [6, 6.07) is 8.80. The number of hydrogen-bond acceptors (Lipinski definition) is 2. The zero-order chi connectivity index (χ0) is 13.1. The van der Waals surface area contributed by atoms with Gasteiger partial charge in [0.15, 0.2) is 0 Å². The Morgan fingerprint density at radius 3 is 2.67 bits per heavy atom. The molecule has 0 saturated heterocycles. The monoisotopic (exact) mass is 245 g/mol. The van der Waals surface area contributed by atoms with E-state index in [1.54, 1.807) is 0 Å². The van der Waals surface area contributed by atoms with Gasteiger partial charge >= 0.3 is 0 Å². The van der Waals surface area contributed by atoms with E-state index in [1.165, 1.54) is 11.9 Å². The highest BCUT2D eigenvalue weighted by Gasteiger charge is 2.12. The van der Waals surface area contributed by atoms with E-state index < -0.39 is 0 Å². The highest BCUT2D eigenvalue weighted by atomic mass is 15.1. The van der Waals surface area contributed by atoms with E-state index in [0.29, 0.717) is 12.0 Å². The van der Waals surface area contributed by atoms with Crippen LogP contribution in [0.25, 0.3) is 11.0 Å². The number of nitrogens with zero attached hydrogens (tertiary/aromatic N) is 2. The summed E-state index contributed by atoms with van der Waals surface area (Å²) in [7, 11) is 2.08. The van der Waals surface area contributed by atoms with E-state index in [2.05, 4.69) is 60.9 Å². The zero-order valence-corrected chi connectivity index (χ0v) is 11.8. The van der Waals surface area contributed by atoms with Crippen LogP contribution in [0.4, 0.5) is 0 Å². The molecule has 1 aromatic carbocycles. The van der Waals surface area contributed by atoms with E-state index >= 15 is 0 Å². The van der Waals surface area contributed by atoms with Gasteiger partial charge < -0.3 is 9.88 Å². The summed E-state index contributed by atoms with van der Waals surface area (Å²) in [6.45, 7) is 7.60. The van der Waals surface area contributed by atoms with Crippen LogP contribution in [0.15, 0.2) is 24.3 Å². The molecular formula is C15H23N3. The summed E-state index contributed by atoms with van der Waals surface area (Å²) in [6.07, 6.45) is 1.21. The van der Waals surface area contributed by atoms with E-state index in [0.717, 1.165) is 17.9 Å². The fraction of sp³-hybridized carbons (Fsp3) is 0.533. The maximum Gasteiger partial charge on any atom is 0.123 e. The predicted octanol–water partition coefficient (Wildman–Crippen LogP) is 3.10. The number of fused-ring (bicyclic) bond motifs is 1. The fourth-order valence-electron chi connectivity index (χ4n) is 2.16. The summed E-state index contributed by atoms with van der Waals surface area (Å²) in [4.78, 5) is 4.67. The van der Waals surface area contributed by atoms with E-state index in [-0.39, 0.29) is 0 Å². The van der Waals surface area contributed by atoms with Crippen molar-refractivity contribution < 1.29 is 0 Å². The van der Waals surface area contributed by atoms with E-state index in [1.807, 2.05) is 6.07 Å². The van der Waals surface area contributed by atoms with Crippen molar-refractivity contribution in [3.05, 3.63) is 30.1 Å². The van der Waals surface area contributed by atoms with Crippen LogP contribution in [0.5, 0.6) is 0 Å². The second kappa shape index (κ2) is 5.53. The summed E-state index contributed by atoms with van der Waals surface area (Å²) in [5.74, 6) is 1.80. The molecule has 0 aliphatic carbocycles. The van der Waals surface area contributed by atoms with Crippen molar-refractivity contribution in [2.24, 2.45) is 13.0 Å². The number of aryl methyl sites for hydroxylation is 1. The van der Waals surface area contributed by atoms with Gasteiger partial charge in [0.2, 0.25) is 0 Å². The largest absolute Gasteiger partial charge is 0.330 e. The molecule has 98 valence electrons. The molecule has 0 bridgehead atoms. The number of hydrogen-bond donors (Lipinski definition) is 1. The van der Waals surface area contributed by atoms with Crippen molar-refractivity contribution in [1.29, 1.82) is 0 Å². The third-order valence-electron chi connectivity index (χ3n) is 3.96. The standard InChI is InChI=1S/C15H23N3/c1-5-11(2)12(3)16-10-15-17-13-8-6-7-9-14(13)18(15)4/h6-9,11-12,16H,5,10H2,1-4H3. The van der Waals surface area contributed by atoms with Gasteiger partial charge in [0.25, 0.3) is 0 Å². The molecule has 1 aromatic heterocycles. The third-order valence-corrected chi connectivity index (χ3v) is 3.96. The molecule has 1 N–H and O–H groups in total. The molecule has 2 rings (SSSR count). The van der Waals surface area contributed by atoms with Crippen molar-refractivity contribution in [1.82, 2.24) is 14.9 Å². The van der Waals surface area contributed by atoms with Crippen LogP contribution in [-0.4, -0.2) is 15.6 Å². The topological polar surface area (TPSA) is 29.9 Å². The Kier molecular flexibility index (Phi) is 4.02. The molecule has 3 nitrogen and oxygen atoms in total. The normalized spacial score (nSPS) is 14.9. The fourth-order valence-corrected chi connectivity index (χ4v) is 2.16. The molecule has 0 amide bonds. The van der Waals surface area contributed by atoms with Gasteiger partial charge in [0.05, 0.1) is 17.6 Å². The molecular weight excluding hydrogens is 222 g/mol. The summed E-state index contributed by atoms with van der Waals surface area (Å²) in [5.41, 5.74) is 2.28. The molecule has 0 radical (unpaired) electrons. The first-order valence-electron chi connectivity index (χ1n) is 6.77. The quantitative estimate of drug-likeness (QED) is 0.877. The van der Waals surface area contributed by atoms with Crippen LogP contribution < -0.4 is 5.32 Å². The lowest BCUT2D eigenvalue weighted by Crippen LogP contribution is -2.32. The number of para-hydroxylation sites is 2. The highest BCUT2D eigenvalue weighted by Crippen LogP contribution is 2.14. The summed E-state index contributed by atoms with van der Waals surface area (Å²) >= 11 is 0. The van der Waals surface area contributed by atoms with E-state index in [9.17, 15) is 0 Å². The van der Waals surface area contributed by atoms with Crippen LogP contribution in [0.2, 0.25) is 0 Å². The van der Waals surface area contributed by atoms with Gasteiger partial charge in [-0.15, -0.1) is 0 Å². The lowest BCUT2D eigenvalue weighted by atomic mass is 10.0. The molecule has 0 saturated carbocycles. The second-order valence-corrected chi connectivity index (χ2v) is 5.13. The Bertz CT molecular complexity index is 515. The Morgan fingerprint density at radius 1 is 1.28 bits per heavy atom. The van der Waals surface area contributed by atoms with Gasteiger partial charge in [-0.3, -0.25) is 0 Å².